The number of phenols is 1. The number of benzene rings is 2. The average molecular weight is 420 g/mol. The molecule has 2 heterocycles. The Labute approximate surface area is 180 Å². The minimum Gasteiger partial charge on any atom is -0.504 e. The molecule has 0 fully saturated rings. The van der Waals surface area contributed by atoms with Crippen LogP contribution in [0.1, 0.15) is 36.9 Å². The van der Waals surface area contributed by atoms with Crippen molar-refractivity contribution in [3.05, 3.63) is 65.2 Å². The zero-order valence-electron chi connectivity index (χ0n) is 17.8. The Balaban J connectivity index is 1.82. The summed E-state index contributed by atoms with van der Waals surface area (Å²) >= 11 is 0. The topological polar surface area (TPSA) is 101 Å². The maximum absolute atomic E-state index is 12.7. The van der Waals surface area contributed by atoms with Gasteiger partial charge in [0.25, 0.3) is 5.89 Å². The number of carbonyl (C=O) groups excluding carboxylic acids is 1. The summed E-state index contributed by atoms with van der Waals surface area (Å²) in [7, 11) is 1.48. The Morgan fingerprint density at radius 2 is 2.03 bits per heavy atom. The van der Waals surface area contributed by atoms with Crippen molar-refractivity contribution < 1.29 is 19.2 Å². The second-order valence-corrected chi connectivity index (χ2v) is 7.35. The van der Waals surface area contributed by atoms with Gasteiger partial charge < -0.3 is 19.7 Å². The summed E-state index contributed by atoms with van der Waals surface area (Å²) < 4.78 is 10.8. The van der Waals surface area contributed by atoms with E-state index in [1.807, 2.05) is 45.0 Å². The maximum Gasteiger partial charge on any atom is 0.322 e. The lowest BCUT2D eigenvalue weighted by Crippen LogP contribution is -2.45. The second kappa shape index (κ2) is 8.14. The summed E-state index contributed by atoms with van der Waals surface area (Å²) in [5, 5.41) is 17.4. The molecule has 0 saturated heterocycles. The van der Waals surface area contributed by atoms with Crippen LogP contribution >= 0.6 is 0 Å². The van der Waals surface area contributed by atoms with E-state index in [9.17, 15) is 9.90 Å². The van der Waals surface area contributed by atoms with Crippen molar-refractivity contribution in [1.29, 1.82) is 0 Å². The third-order valence-electron chi connectivity index (χ3n) is 5.38. The highest BCUT2D eigenvalue weighted by Crippen LogP contribution is 2.39. The number of carbonyl (C=O) groups is 1. The van der Waals surface area contributed by atoms with Gasteiger partial charge in [-0.1, -0.05) is 35.0 Å². The fourth-order valence-corrected chi connectivity index (χ4v) is 3.81. The number of aryl methyl sites for hydroxylation is 1. The molecular formula is C23H24N4O4. The zero-order chi connectivity index (χ0) is 22.1. The molecule has 1 aromatic heterocycles. The summed E-state index contributed by atoms with van der Waals surface area (Å²) in [6.07, 6.45) is 0. The number of rotatable bonds is 5. The van der Waals surface area contributed by atoms with Gasteiger partial charge in [-0.2, -0.15) is 4.98 Å². The molecule has 31 heavy (non-hydrogen) atoms. The van der Waals surface area contributed by atoms with Gasteiger partial charge in [-0.25, -0.2) is 4.79 Å². The van der Waals surface area contributed by atoms with Gasteiger partial charge in [0.05, 0.1) is 18.7 Å². The quantitative estimate of drug-likeness (QED) is 0.639. The summed E-state index contributed by atoms with van der Waals surface area (Å²) in [5.74, 6) is 1.11. The smallest absolute Gasteiger partial charge is 0.322 e. The van der Waals surface area contributed by atoms with Crippen LogP contribution in [-0.4, -0.2) is 39.8 Å². The molecule has 8 heteroatoms. The van der Waals surface area contributed by atoms with Gasteiger partial charge in [0.15, 0.2) is 11.5 Å². The van der Waals surface area contributed by atoms with E-state index in [-0.39, 0.29) is 11.8 Å². The van der Waals surface area contributed by atoms with Crippen LogP contribution in [0.3, 0.4) is 0 Å². The van der Waals surface area contributed by atoms with E-state index in [4.69, 9.17) is 9.26 Å². The van der Waals surface area contributed by atoms with Crippen molar-refractivity contribution in [2.75, 3.05) is 13.7 Å². The number of aromatic nitrogens is 2. The van der Waals surface area contributed by atoms with Crippen LogP contribution in [0.4, 0.5) is 4.79 Å². The number of aromatic hydroxyl groups is 1. The van der Waals surface area contributed by atoms with Gasteiger partial charge in [-0.3, -0.25) is 4.90 Å². The first-order valence-electron chi connectivity index (χ1n) is 9.99. The van der Waals surface area contributed by atoms with Crippen molar-refractivity contribution in [1.82, 2.24) is 20.4 Å². The molecule has 8 nitrogen and oxygen atoms in total. The molecule has 3 aromatic rings. The van der Waals surface area contributed by atoms with Gasteiger partial charge in [0.1, 0.15) is 0 Å². The Bertz CT molecular complexity index is 1170. The van der Waals surface area contributed by atoms with Crippen LogP contribution in [0.2, 0.25) is 0 Å². The molecule has 2 aromatic carbocycles. The fourth-order valence-electron chi connectivity index (χ4n) is 3.81. The predicted octanol–water partition coefficient (Wildman–Crippen LogP) is 4.28. The number of methoxy groups -OCH3 is 1. The van der Waals surface area contributed by atoms with E-state index >= 15 is 0 Å². The fraction of sp³-hybridized carbons (Fsp3) is 0.261. The number of amides is 2. The maximum atomic E-state index is 12.7. The van der Waals surface area contributed by atoms with Gasteiger partial charge in [-0.05, 0) is 44.5 Å². The van der Waals surface area contributed by atoms with E-state index in [1.54, 1.807) is 23.1 Å². The lowest BCUT2D eigenvalue weighted by molar-refractivity contribution is 0.207. The molecule has 0 aliphatic carbocycles. The predicted molar refractivity (Wildman–Crippen MR) is 115 cm³/mol. The highest BCUT2D eigenvalue weighted by Gasteiger charge is 2.35. The van der Waals surface area contributed by atoms with E-state index in [0.717, 1.165) is 11.1 Å². The SMILES string of the molecule is CCN1C(=O)NC(c2ccc(OC)c(O)c2)C(c2nc(-c3cccc(C)c3)no2)=C1C. The first-order valence-corrected chi connectivity index (χ1v) is 9.99. The molecule has 160 valence electrons. The van der Waals surface area contributed by atoms with Gasteiger partial charge in [0, 0.05) is 17.8 Å². The Morgan fingerprint density at radius 3 is 2.71 bits per heavy atom. The highest BCUT2D eigenvalue weighted by molar-refractivity contribution is 5.87. The molecule has 0 radical (unpaired) electrons. The number of allylic oxidation sites excluding steroid dienone is 1. The van der Waals surface area contributed by atoms with Crippen molar-refractivity contribution in [2.45, 2.75) is 26.8 Å². The van der Waals surface area contributed by atoms with Crippen LogP contribution in [0, 0.1) is 6.92 Å². The molecule has 2 N–H and O–H groups in total. The number of ether oxygens (including phenoxy) is 1. The molecule has 1 aliphatic heterocycles. The van der Waals surface area contributed by atoms with Crippen LogP contribution < -0.4 is 10.1 Å². The van der Waals surface area contributed by atoms with Crippen molar-refractivity contribution in [3.63, 3.8) is 0 Å². The van der Waals surface area contributed by atoms with Gasteiger partial charge in [-0.15, -0.1) is 0 Å². The third kappa shape index (κ3) is 3.72. The summed E-state index contributed by atoms with van der Waals surface area (Å²) in [4.78, 5) is 18.9. The number of nitrogens with zero attached hydrogens (tertiary/aromatic N) is 3. The average Bonchev–Trinajstić information content (AvgIpc) is 3.23. The molecule has 0 saturated carbocycles. The first kappa shape index (κ1) is 20.5. The number of hydrogen-bond donors (Lipinski definition) is 2. The minimum atomic E-state index is -0.571. The van der Waals surface area contributed by atoms with E-state index in [0.29, 0.717) is 40.8 Å². The Hall–Kier alpha value is -3.81. The lowest BCUT2D eigenvalue weighted by Gasteiger charge is -2.34. The summed E-state index contributed by atoms with van der Waals surface area (Å²) in [6, 6.07) is 12.0. The number of phenolic OH excluding ortho intramolecular Hbond substituents is 1. The van der Waals surface area contributed by atoms with Gasteiger partial charge in [0.2, 0.25) is 5.82 Å². The zero-order valence-corrected chi connectivity index (χ0v) is 17.8. The minimum absolute atomic E-state index is 0.0184. The van der Waals surface area contributed by atoms with Crippen molar-refractivity contribution >= 4 is 11.6 Å². The lowest BCUT2D eigenvalue weighted by atomic mass is 9.94. The standard InChI is InChI=1S/C23H24N4O4/c1-5-27-14(3)19(22-25-21(26-31-22)16-8-6-7-13(2)11-16)20(24-23(27)29)15-9-10-18(30-4)17(28)12-15/h6-12,20,28H,5H2,1-4H3,(H,24,29). The number of nitrogens with one attached hydrogen (secondary N) is 1. The monoisotopic (exact) mass is 420 g/mol. The second-order valence-electron chi connectivity index (χ2n) is 7.35. The molecular weight excluding hydrogens is 396 g/mol. The largest absolute Gasteiger partial charge is 0.504 e. The Kier molecular flexibility index (Phi) is 5.37. The third-order valence-corrected chi connectivity index (χ3v) is 5.38. The van der Waals surface area contributed by atoms with E-state index in [1.165, 1.54) is 7.11 Å². The Morgan fingerprint density at radius 1 is 1.23 bits per heavy atom. The number of urea groups is 1. The molecule has 1 aliphatic rings. The molecule has 0 bridgehead atoms. The van der Waals surface area contributed by atoms with Gasteiger partial charge >= 0.3 is 6.03 Å². The molecule has 2 amide bonds. The summed E-state index contributed by atoms with van der Waals surface area (Å²) in [5.41, 5.74) is 4.00. The summed E-state index contributed by atoms with van der Waals surface area (Å²) in [6.45, 7) is 6.23. The van der Waals surface area contributed by atoms with Crippen LogP contribution in [0.5, 0.6) is 11.5 Å². The highest BCUT2D eigenvalue weighted by atomic mass is 16.5. The molecule has 4 rings (SSSR count). The van der Waals surface area contributed by atoms with E-state index < -0.39 is 6.04 Å². The van der Waals surface area contributed by atoms with Crippen LogP contribution in [0.25, 0.3) is 17.0 Å². The van der Waals surface area contributed by atoms with Crippen LogP contribution in [-0.2, 0) is 0 Å². The van der Waals surface area contributed by atoms with Crippen LogP contribution in [0.15, 0.2) is 52.7 Å². The van der Waals surface area contributed by atoms with E-state index in [2.05, 4.69) is 15.5 Å². The van der Waals surface area contributed by atoms with Crippen molar-refractivity contribution in [3.8, 4) is 22.9 Å². The normalized spacial score (nSPS) is 16.5. The molecule has 1 unspecified atom stereocenters. The first-order chi connectivity index (χ1) is 14.9. The molecule has 0 spiro atoms. The molecule has 1 atom stereocenters. The number of hydrogen-bond acceptors (Lipinski definition) is 6. The van der Waals surface area contributed by atoms with Crippen molar-refractivity contribution in [2.24, 2.45) is 0 Å².